The number of aromatic nitrogens is 1. The van der Waals surface area contributed by atoms with E-state index < -0.39 is 11.9 Å². The minimum Gasteiger partial charge on any atom is -0.478 e. The summed E-state index contributed by atoms with van der Waals surface area (Å²) in [6.45, 7) is 1.80. The number of ether oxygens (including phenoxy) is 1. The van der Waals surface area contributed by atoms with Crippen LogP contribution in [0, 0.1) is 0 Å². The van der Waals surface area contributed by atoms with Crippen molar-refractivity contribution in [2.45, 2.75) is 6.92 Å². The number of rotatable bonds is 3. The number of allylic oxidation sites excluding steroid dienone is 1. The Kier molecular flexibility index (Phi) is 3.37. The molecule has 0 bridgehead atoms. The normalized spacial score (nSPS) is 11.6. The number of carboxylic acid groups (broad SMARTS) is 1. The maximum absolute atomic E-state index is 11.2. The highest BCUT2D eigenvalue weighted by Crippen LogP contribution is 2.25. The van der Waals surface area contributed by atoms with E-state index in [1.807, 2.05) is 0 Å². The standard InChI is InChI=1S/C14H13NO4/c1-8(5-13(16)19-2)11-7-15-12-6-9(14(17)18)3-4-10(11)12/h3-7,15H,1-2H3,(H,17,18)/b8-5+. The Morgan fingerprint density at radius 2 is 2.11 bits per heavy atom. The van der Waals surface area contributed by atoms with E-state index in [9.17, 15) is 9.59 Å². The SMILES string of the molecule is COC(=O)/C=C(\C)c1c[nH]c2cc(C(=O)O)ccc12. The van der Waals surface area contributed by atoms with Crippen LogP contribution in [-0.2, 0) is 9.53 Å². The van der Waals surface area contributed by atoms with Crippen LogP contribution in [0.15, 0.2) is 30.5 Å². The van der Waals surface area contributed by atoms with Gasteiger partial charge in [-0.25, -0.2) is 9.59 Å². The van der Waals surface area contributed by atoms with Gasteiger partial charge in [0.05, 0.1) is 12.7 Å². The van der Waals surface area contributed by atoms with Crippen molar-refractivity contribution in [3.63, 3.8) is 0 Å². The number of aromatic amines is 1. The van der Waals surface area contributed by atoms with E-state index in [1.54, 1.807) is 25.3 Å². The first-order valence-corrected chi connectivity index (χ1v) is 5.64. The van der Waals surface area contributed by atoms with Gasteiger partial charge in [-0.05, 0) is 24.6 Å². The molecular formula is C14H13NO4. The number of esters is 1. The van der Waals surface area contributed by atoms with Crippen molar-refractivity contribution in [1.82, 2.24) is 4.98 Å². The fraction of sp³-hybridized carbons (Fsp3) is 0.143. The number of carboxylic acids is 1. The maximum Gasteiger partial charge on any atom is 0.335 e. The predicted molar refractivity (Wildman–Crippen MR) is 70.9 cm³/mol. The summed E-state index contributed by atoms with van der Waals surface area (Å²) in [6.07, 6.45) is 3.14. The zero-order valence-corrected chi connectivity index (χ0v) is 10.6. The third-order valence-corrected chi connectivity index (χ3v) is 2.89. The quantitative estimate of drug-likeness (QED) is 0.655. The van der Waals surface area contributed by atoms with Gasteiger partial charge in [-0.1, -0.05) is 6.07 Å². The minimum atomic E-state index is -0.972. The summed E-state index contributed by atoms with van der Waals surface area (Å²) in [7, 11) is 1.32. The Balaban J connectivity index is 2.49. The Morgan fingerprint density at radius 3 is 2.74 bits per heavy atom. The van der Waals surface area contributed by atoms with Gasteiger partial charge in [0.2, 0.25) is 0 Å². The van der Waals surface area contributed by atoms with E-state index in [-0.39, 0.29) is 5.56 Å². The van der Waals surface area contributed by atoms with E-state index in [0.29, 0.717) is 5.52 Å². The Labute approximate surface area is 109 Å². The molecule has 0 saturated heterocycles. The predicted octanol–water partition coefficient (Wildman–Crippen LogP) is 2.44. The van der Waals surface area contributed by atoms with Crippen molar-refractivity contribution in [1.29, 1.82) is 0 Å². The lowest BCUT2D eigenvalue weighted by Gasteiger charge is -2.00. The lowest BCUT2D eigenvalue weighted by molar-refractivity contribution is -0.134. The number of hydrogen-bond donors (Lipinski definition) is 2. The number of hydrogen-bond acceptors (Lipinski definition) is 3. The first-order chi connectivity index (χ1) is 9.02. The van der Waals surface area contributed by atoms with Gasteiger partial charge >= 0.3 is 11.9 Å². The van der Waals surface area contributed by atoms with E-state index in [4.69, 9.17) is 5.11 Å². The summed E-state index contributed by atoms with van der Waals surface area (Å²) in [5.41, 5.74) is 2.53. The molecule has 0 saturated carbocycles. The number of nitrogens with one attached hydrogen (secondary N) is 1. The largest absolute Gasteiger partial charge is 0.478 e. The van der Waals surface area contributed by atoms with Gasteiger partial charge in [0.15, 0.2) is 0 Å². The highest BCUT2D eigenvalue weighted by molar-refractivity contribution is 6.00. The number of H-pyrrole nitrogens is 1. The van der Waals surface area contributed by atoms with Crippen molar-refractivity contribution in [3.05, 3.63) is 41.6 Å². The molecule has 0 aliphatic rings. The van der Waals surface area contributed by atoms with Crippen LogP contribution in [0.5, 0.6) is 0 Å². The molecular weight excluding hydrogens is 246 g/mol. The molecule has 1 aromatic carbocycles. The molecule has 98 valence electrons. The average Bonchev–Trinajstić information content (AvgIpc) is 2.81. The molecule has 0 aliphatic carbocycles. The molecule has 0 amide bonds. The summed E-state index contributed by atoms with van der Waals surface area (Å²) in [4.78, 5) is 25.1. The van der Waals surface area contributed by atoms with Gasteiger partial charge < -0.3 is 14.8 Å². The summed E-state index contributed by atoms with van der Waals surface area (Å²) in [6, 6.07) is 4.82. The van der Waals surface area contributed by atoms with E-state index in [1.165, 1.54) is 19.3 Å². The van der Waals surface area contributed by atoms with E-state index >= 15 is 0 Å². The van der Waals surface area contributed by atoms with Gasteiger partial charge in [-0.2, -0.15) is 0 Å². The van der Waals surface area contributed by atoms with Crippen LogP contribution in [0.25, 0.3) is 16.5 Å². The first kappa shape index (κ1) is 12.9. The molecule has 5 nitrogen and oxygen atoms in total. The van der Waals surface area contributed by atoms with Crippen LogP contribution in [0.4, 0.5) is 0 Å². The number of carbonyl (C=O) groups excluding carboxylic acids is 1. The molecule has 2 aromatic rings. The molecule has 5 heteroatoms. The second kappa shape index (κ2) is 4.97. The zero-order chi connectivity index (χ0) is 14.0. The molecule has 1 heterocycles. The molecule has 0 atom stereocenters. The highest BCUT2D eigenvalue weighted by Gasteiger charge is 2.10. The molecule has 0 aliphatic heterocycles. The van der Waals surface area contributed by atoms with Gasteiger partial charge in [-0.3, -0.25) is 0 Å². The van der Waals surface area contributed by atoms with Crippen LogP contribution in [0.3, 0.4) is 0 Å². The second-order valence-corrected chi connectivity index (χ2v) is 4.12. The molecule has 0 spiro atoms. The molecule has 0 unspecified atom stereocenters. The van der Waals surface area contributed by atoms with Crippen LogP contribution >= 0.6 is 0 Å². The fourth-order valence-corrected chi connectivity index (χ4v) is 1.90. The number of fused-ring (bicyclic) bond motifs is 1. The van der Waals surface area contributed by atoms with E-state index in [2.05, 4.69) is 9.72 Å². The van der Waals surface area contributed by atoms with Crippen LogP contribution in [-0.4, -0.2) is 29.1 Å². The molecule has 0 radical (unpaired) electrons. The van der Waals surface area contributed by atoms with Crippen LogP contribution in [0.1, 0.15) is 22.8 Å². The number of carbonyl (C=O) groups is 2. The lowest BCUT2D eigenvalue weighted by atomic mass is 10.0. The minimum absolute atomic E-state index is 0.218. The summed E-state index contributed by atoms with van der Waals surface area (Å²) in [5, 5.41) is 9.79. The number of aromatic carboxylic acids is 1. The molecule has 19 heavy (non-hydrogen) atoms. The van der Waals surface area contributed by atoms with Gasteiger partial charge in [0, 0.05) is 28.7 Å². The Bertz CT molecular complexity index is 682. The van der Waals surface area contributed by atoms with Crippen molar-refractivity contribution in [3.8, 4) is 0 Å². The first-order valence-electron chi connectivity index (χ1n) is 5.64. The van der Waals surface area contributed by atoms with Crippen molar-refractivity contribution < 1.29 is 19.4 Å². The molecule has 0 fully saturated rings. The van der Waals surface area contributed by atoms with Gasteiger partial charge in [0.1, 0.15) is 0 Å². The van der Waals surface area contributed by atoms with Crippen LogP contribution < -0.4 is 0 Å². The molecule has 2 N–H and O–H groups in total. The zero-order valence-electron chi connectivity index (χ0n) is 10.6. The van der Waals surface area contributed by atoms with Crippen molar-refractivity contribution in [2.75, 3.05) is 7.11 Å². The summed E-state index contributed by atoms with van der Waals surface area (Å²) in [5.74, 6) is -1.39. The van der Waals surface area contributed by atoms with Gasteiger partial charge in [-0.15, -0.1) is 0 Å². The third kappa shape index (κ3) is 2.49. The number of benzene rings is 1. The molecule has 2 rings (SSSR count). The van der Waals surface area contributed by atoms with Gasteiger partial charge in [0.25, 0.3) is 0 Å². The van der Waals surface area contributed by atoms with Crippen molar-refractivity contribution >= 4 is 28.4 Å². The second-order valence-electron chi connectivity index (χ2n) is 4.12. The fourth-order valence-electron chi connectivity index (χ4n) is 1.90. The Hall–Kier alpha value is -2.56. The van der Waals surface area contributed by atoms with Crippen molar-refractivity contribution in [2.24, 2.45) is 0 Å². The summed E-state index contributed by atoms with van der Waals surface area (Å²) < 4.78 is 4.58. The van der Waals surface area contributed by atoms with E-state index in [0.717, 1.165) is 16.5 Å². The Morgan fingerprint density at radius 1 is 1.37 bits per heavy atom. The smallest absolute Gasteiger partial charge is 0.335 e. The highest BCUT2D eigenvalue weighted by atomic mass is 16.5. The van der Waals surface area contributed by atoms with Crippen LogP contribution in [0.2, 0.25) is 0 Å². The average molecular weight is 259 g/mol. The number of methoxy groups -OCH3 is 1. The topological polar surface area (TPSA) is 79.4 Å². The summed E-state index contributed by atoms with van der Waals surface area (Å²) >= 11 is 0. The maximum atomic E-state index is 11.2. The molecule has 1 aromatic heterocycles. The lowest BCUT2D eigenvalue weighted by Crippen LogP contribution is -1.96. The monoisotopic (exact) mass is 259 g/mol. The third-order valence-electron chi connectivity index (χ3n) is 2.89.